The Morgan fingerprint density at radius 1 is 1.31 bits per heavy atom. The SMILES string of the molecule is CS(=O)(=O)c1ccc2cc(C(=O)O)sc2c1. The Hall–Kier alpha value is -1.40. The van der Waals surface area contributed by atoms with Gasteiger partial charge in [0.05, 0.1) is 4.90 Å². The highest BCUT2D eigenvalue weighted by atomic mass is 32.2. The average molecular weight is 256 g/mol. The van der Waals surface area contributed by atoms with E-state index in [0.717, 1.165) is 23.0 Å². The van der Waals surface area contributed by atoms with Crippen molar-refractivity contribution in [1.29, 1.82) is 0 Å². The lowest BCUT2D eigenvalue weighted by molar-refractivity contribution is 0.0702. The molecule has 1 N–H and O–H groups in total. The van der Waals surface area contributed by atoms with Crippen molar-refractivity contribution >= 4 is 37.2 Å². The third kappa shape index (κ3) is 1.94. The van der Waals surface area contributed by atoms with Crippen molar-refractivity contribution in [3.05, 3.63) is 29.1 Å². The highest BCUT2D eigenvalue weighted by Gasteiger charge is 2.12. The Bertz CT molecular complexity index is 667. The summed E-state index contributed by atoms with van der Waals surface area (Å²) in [5.41, 5.74) is 0. The molecule has 0 spiro atoms. The first kappa shape index (κ1) is 11.1. The van der Waals surface area contributed by atoms with E-state index in [1.807, 2.05) is 0 Å². The summed E-state index contributed by atoms with van der Waals surface area (Å²) < 4.78 is 23.3. The minimum Gasteiger partial charge on any atom is -0.477 e. The number of carboxylic acids is 1. The summed E-state index contributed by atoms with van der Waals surface area (Å²) in [6.07, 6.45) is 1.12. The highest BCUT2D eigenvalue weighted by molar-refractivity contribution is 7.90. The van der Waals surface area contributed by atoms with E-state index in [2.05, 4.69) is 0 Å². The summed E-state index contributed by atoms with van der Waals surface area (Å²) in [4.78, 5) is 11.2. The zero-order chi connectivity index (χ0) is 11.9. The quantitative estimate of drug-likeness (QED) is 0.892. The van der Waals surface area contributed by atoms with Gasteiger partial charge >= 0.3 is 5.97 Å². The van der Waals surface area contributed by atoms with Crippen LogP contribution in [0.25, 0.3) is 10.1 Å². The molecule has 0 aliphatic heterocycles. The second-order valence-electron chi connectivity index (χ2n) is 3.39. The summed E-state index contributed by atoms with van der Waals surface area (Å²) >= 11 is 1.07. The topological polar surface area (TPSA) is 71.4 Å². The monoisotopic (exact) mass is 256 g/mol. The fraction of sp³-hybridized carbons (Fsp3) is 0.100. The molecule has 1 aromatic heterocycles. The summed E-state index contributed by atoms with van der Waals surface area (Å²) in [5.74, 6) is -0.998. The van der Waals surface area contributed by atoms with Crippen LogP contribution in [0.15, 0.2) is 29.2 Å². The van der Waals surface area contributed by atoms with E-state index >= 15 is 0 Å². The zero-order valence-corrected chi connectivity index (χ0v) is 9.93. The largest absolute Gasteiger partial charge is 0.477 e. The average Bonchev–Trinajstić information content (AvgIpc) is 2.58. The summed E-state index contributed by atoms with van der Waals surface area (Å²) in [6.45, 7) is 0. The first-order valence-corrected chi connectivity index (χ1v) is 7.05. The maximum atomic E-state index is 11.3. The van der Waals surface area contributed by atoms with E-state index in [-0.39, 0.29) is 9.77 Å². The molecule has 0 bridgehead atoms. The summed E-state index contributed by atoms with van der Waals surface area (Å²) in [7, 11) is -3.25. The van der Waals surface area contributed by atoms with Gasteiger partial charge in [0, 0.05) is 11.0 Å². The van der Waals surface area contributed by atoms with Gasteiger partial charge in [-0.3, -0.25) is 0 Å². The van der Waals surface area contributed by atoms with Gasteiger partial charge in [-0.25, -0.2) is 13.2 Å². The number of hydrogen-bond donors (Lipinski definition) is 1. The molecule has 0 fully saturated rings. The molecule has 1 heterocycles. The van der Waals surface area contributed by atoms with Gasteiger partial charge in [0.1, 0.15) is 4.88 Å². The van der Waals surface area contributed by atoms with Crippen molar-refractivity contribution < 1.29 is 18.3 Å². The molecular formula is C10H8O4S2. The fourth-order valence-electron chi connectivity index (χ4n) is 1.35. The summed E-state index contributed by atoms with van der Waals surface area (Å²) in [5, 5.41) is 9.55. The Labute approximate surface area is 96.1 Å². The molecule has 1 aromatic carbocycles. The van der Waals surface area contributed by atoms with Gasteiger partial charge in [0.15, 0.2) is 9.84 Å². The van der Waals surface area contributed by atoms with Crippen molar-refractivity contribution in [3.8, 4) is 0 Å². The predicted molar refractivity (Wildman–Crippen MR) is 61.9 cm³/mol. The standard InChI is InChI=1S/C10H8O4S2/c1-16(13,14)7-3-2-6-4-9(10(11)12)15-8(6)5-7/h2-5H,1H3,(H,11,12). The molecule has 2 aromatic rings. The van der Waals surface area contributed by atoms with Gasteiger partial charge in [-0.05, 0) is 23.6 Å². The number of carbonyl (C=O) groups is 1. The van der Waals surface area contributed by atoms with Gasteiger partial charge in [-0.1, -0.05) is 6.07 Å². The lowest BCUT2D eigenvalue weighted by atomic mass is 10.2. The molecule has 0 aliphatic rings. The molecule has 0 unspecified atom stereocenters. The van der Waals surface area contributed by atoms with Crippen LogP contribution >= 0.6 is 11.3 Å². The van der Waals surface area contributed by atoms with Gasteiger partial charge in [0.2, 0.25) is 0 Å². The number of sulfone groups is 1. The Morgan fingerprint density at radius 3 is 2.56 bits per heavy atom. The normalized spacial score (nSPS) is 11.8. The Balaban J connectivity index is 2.67. The number of fused-ring (bicyclic) bond motifs is 1. The van der Waals surface area contributed by atoms with Gasteiger partial charge in [-0.2, -0.15) is 0 Å². The van der Waals surface area contributed by atoms with E-state index < -0.39 is 15.8 Å². The lowest BCUT2D eigenvalue weighted by Crippen LogP contribution is -1.95. The number of aromatic carboxylic acids is 1. The van der Waals surface area contributed by atoms with E-state index in [4.69, 9.17) is 5.11 Å². The number of carboxylic acid groups (broad SMARTS) is 1. The van der Waals surface area contributed by atoms with Crippen molar-refractivity contribution in [3.63, 3.8) is 0 Å². The van der Waals surface area contributed by atoms with Crippen molar-refractivity contribution in [2.75, 3.05) is 6.26 Å². The van der Waals surface area contributed by atoms with E-state index in [1.165, 1.54) is 18.2 Å². The van der Waals surface area contributed by atoms with Crippen molar-refractivity contribution in [2.24, 2.45) is 0 Å². The lowest BCUT2D eigenvalue weighted by Gasteiger charge is -1.96. The van der Waals surface area contributed by atoms with E-state index in [9.17, 15) is 13.2 Å². The first-order valence-electron chi connectivity index (χ1n) is 4.35. The molecule has 84 valence electrons. The molecule has 0 saturated carbocycles. The third-order valence-electron chi connectivity index (χ3n) is 2.13. The minimum absolute atomic E-state index is 0.207. The number of benzene rings is 1. The van der Waals surface area contributed by atoms with E-state index in [1.54, 1.807) is 6.07 Å². The molecule has 0 atom stereocenters. The van der Waals surface area contributed by atoms with Crippen LogP contribution < -0.4 is 0 Å². The van der Waals surface area contributed by atoms with Gasteiger partial charge < -0.3 is 5.11 Å². The van der Waals surface area contributed by atoms with Crippen LogP contribution in [-0.4, -0.2) is 25.7 Å². The molecule has 6 heteroatoms. The zero-order valence-electron chi connectivity index (χ0n) is 8.30. The van der Waals surface area contributed by atoms with Crippen LogP contribution in [0, 0.1) is 0 Å². The predicted octanol–water partition coefficient (Wildman–Crippen LogP) is 2.00. The molecule has 2 rings (SSSR count). The van der Waals surface area contributed by atoms with Gasteiger partial charge in [-0.15, -0.1) is 11.3 Å². The Morgan fingerprint density at radius 2 is 2.00 bits per heavy atom. The van der Waals surface area contributed by atoms with Crippen LogP contribution in [0.4, 0.5) is 0 Å². The maximum absolute atomic E-state index is 11.3. The molecule has 0 amide bonds. The van der Waals surface area contributed by atoms with Crippen molar-refractivity contribution in [2.45, 2.75) is 4.90 Å². The highest BCUT2D eigenvalue weighted by Crippen LogP contribution is 2.27. The van der Waals surface area contributed by atoms with Crippen LogP contribution in [0.5, 0.6) is 0 Å². The summed E-state index contributed by atoms with van der Waals surface area (Å²) in [6, 6.07) is 6.14. The smallest absolute Gasteiger partial charge is 0.345 e. The van der Waals surface area contributed by atoms with Crippen LogP contribution in [-0.2, 0) is 9.84 Å². The second kappa shape index (κ2) is 3.57. The third-order valence-corrected chi connectivity index (χ3v) is 4.33. The molecule has 4 nitrogen and oxygen atoms in total. The fourth-order valence-corrected chi connectivity index (χ4v) is 3.01. The molecule has 0 saturated heterocycles. The van der Waals surface area contributed by atoms with Crippen LogP contribution in [0.1, 0.15) is 9.67 Å². The Kier molecular flexibility index (Phi) is 2.47. The molecular weight excluding hydrogens is 248 g/mol. The number of hydrogen-bond acceptors (Lipinski definition) is 4. The van der Waals surface area contributed by atoms with Crippen LogP contribution in [0.2, 0.25) is 0 Å². The second-order valence-corrected chi connectivity index (χ2v) is 6.49. The van der Waals surface area contributed by atoms with Crippen LogP contribution in [0.3, 0.4) is 0 Å². The first-order chi connectivity index (χ1) is 7.38. The number of rotatable bonds is 2. The molecule has 0 radical (unpaired) electrons. The maximum Gasteiger partial charge on any atom is 0.345 e. The minimum atomic E-state index is -3.25. The number of thiophene rings is 1. The van der Waals surface area contributed by atoms with E-state index in [0.29, 0.717) is 4.70 Å². The molecule has 0 aliphatic carbocycles. The molecule has 16 heavy (non-hydrogen) atoms. The van der Waals surface area contributed by atoms with Gasteiger partial charge in [0.25, 0.3) is 0 Å². The van der Waals surface area contributed by atoms with Crippen molar-refractivity contribution in [1.82, 2.24) is 0 Å².